The summed E-state index contributed by atoms with van der Waals surface area (Å²) in [4.78, 5) is 106. The van der Waals surface area contributed by atoms with E-state index < -0.39 is 89.4 Å². The quantitative estimate of drug-likeness (QED) is 0.0785. The first-order valence-corrected chi connectivity index (χ1v) is 20.3. The van der Waals surface area contributed by atoms with Crippen LogP contribution in [0.2, 0.25) is 0 Å². The lowest BCUT2D eigenvalue weighted by Crippen LogP contribution is -2.55. The zero-order valence-electron chi connectivity index (χ0n) is 35.0. The molecule has 5 atom stereocenters. The molecule has 6 amide bonds. The van der Waals surface area contributed by atoms with Crippen molar-refractivity contribution in [1.82, 2.24) is 30.8 Å². The number of aromatic nitrogens is 2. The number of fused-ring (bicyclic) bond motifs is 5. The number of nitrogens with two attached hydrogens (primary N) is 1. The van der Waals surface area contributed by atoms with Crippen LogP contribution < -0.4 is 37.9 Å². The number of alkyl carbamates (subject to hydrolysis) is 1. The number of esters is 1. The number of nitrogens with zero attached hydrogens (tertiary/aromatic N) is 2. The molecule has 0 saturated carbocycles. The number of nitrogens with one attached hydrogen (secondary N) is 5. The molecule has 0 spiro atoms. The number of pyridine rings is 2. The number of anilines is 1. The van der Waals surface area contributed by atoms with E-state index in [1.54, 1.807) is 32.0 Å². The molecule has 4 heterocycles. The van der Waals surface area contributed by atoms with Gasteiger partial charge in [-0.15, -0.1) is 0 Å². The van der Waals surface area contributed by atoms with E-state index >= 15 is 4.39 Å². The summed E-state index contributed by atoms with van der Waals surface area (Å²) >= 11 is 0. The number of primary amides is 1. The number of cyclic esters (lactones) is 1. The Kier molecular flexibility index (Phi) is 12.1. The highest BCUT2D eigenvalue weighted by Crippen LogP contribution is 2.46. The smallest absolute Gasteiger partial charge is 0.407 e. The zero-order chi connectivity index (χ0) is 46.4. The summed E-state index contributed by atoms with van der Waals surface area (Å²) < 4.78 is 27.6. The molecule has 0 fully saturated rings. The van der Waals surface area contributed by atoms with Gasteiger partial charge < -0.3 is 56.6 Å². The maximum Gasteiger partial charge on any atom is 0.407 e. The maximum atomic E-state index is 15.3. The highest BCUT2D eigenvalue weighted by molar-refractivity contribution is 6.01. The van der Waals surface area contributed by atoms with Crippen LogP contribution in [0.15, 0.2) is 41.2 Å². The van der Waals surface area contributed by atoms with Crippen LogP contribution in [0.5, 0.6) is 0 Å². The van der Waals surface area contributed by atoms with E-state index in [2.05, 4.69) is 21.3 Å². The molecule has 2 aromatic heterocycles. The highest BCUT2D eigenvalue weighted by atomic mass is 19.1. The number of hydrogen-bond acceptors (Lipinski definition) is 12. The minimum absolute atomic E-state index is 0.0451. The number of halogens is 1. The predicted octanol–water partition coefficient (Wildman–Crippen LogP) is 1.90. The Labute approximate surface area is 363 Å². The van der Waals surface area contributed by atoms with Crippen molar-refractivity contribution in [2.45, 2.75) is 103 Å². The molecular formula is C43H45FN8O12. The van der Waals surface area contributed by atoms with E-state index in [1.165, 1.54) is 36.6 Å². The molecule has 2 aliphatic heterocycles. The van der Waals surface area contributed by atoms with Crippen molar-refractivity contribution in [2.75, 3.05) is 5.32 Å². The van der Waals surface area contributed by atoms with Gasteiger partial charge in [0.25, 0.3) is 5.56 Å². The minimum atomic E-state index is -2.05. The lowest BCUT2D eigenvalue weighted by molar-refractivity contribution is -0.172. The van der Waals surface area contributed by atoms with Crippen LogP contribution in [0, 0.1) is 12.7 Å². The van der Waals surface area contributed by atoms with E-state index in [4.69, 9.17) is 25.3 Å². The van der Waals surface area contributed by atoms with Crippen molar-refractivity contribution in [3.8, 4) is 11.4 Å². The number of carboxylic acid groups (broad SMARTS) is 1. The summed E-state index contributed by atoms with van der Waals surface area (Å²) in [6.45, 7) is 5.38. The fourth-order valence-electron chi connectivity index (χ4n) is 8.31. The van der Waals surface area contributed by atoms with Gasteiger partial charge in [-0.2, -0.15) is 0 Å². The van der Waals surface area contributed by atoms with Crippen molar-refractivity contribution in [1.29, 1.82) is 0 Å². The molecule has 0 saturated heterocycles. The second-order valence-corrected chi connectivity index (χ2v) is 15.9. The van der Waals surface area contributed by atoms with Gasteiger partial charge in [0.15, 0.2) is 5.60 Å². The van der Waals surface area contributed by atoms with Crippen LogP contribution >= 0.6 is 0 Å². The first kappa shape index (κ1) is 44.6. The number of amides is 6. The van der Waals surface area contributed by atoms with E-state index in [0.717, 1.165) is 5.56 Å². The fraction of sp³-hybridized carbons (Fsp3) is 0.372. The number of carbonyl (C=O) groups is 7. The SMILES string of the molecule is CC[C@@]1(O)C(=O)OCc2c1cc1n(c2=O)Cc2c-1nc1cc(F)c(C)c3c1c2[C@@H](NC(=O)OCc1ccc(NC(=O)[C@H](CC(N)=O)NC(=O)[C@H](C)NC(=O)[C@H](C)NC(=O)O)cc1)CC3. The van der Waals surface area contributed by atoms with Crippen molar-refractivity contribution in [2.24, 2.45) is 5.73 Å². The minimum Gasteiger partial charge on any atom is -0.465 e. The van der Waals surface area contributed by atoms with Crippen molar-refractivity contribution in [3.05, 3.63) is 91.5 Å². The molecule has 20 nitrogen and oxygen atoms in total. The molecule has 4 aromatic rings. The van der Waals surface area contributed by atoms with Gasteiger partial charge in [0, 0.05) is 28.3 Å². The maximum absolute atomic E-state index is 15.3. The molecule has 336 valence electrons. The van der Waals surface area contributed by atoms with Gasteiger partial charge >= 0.3 is 18.2 Å². The average molecular weight is 885 g/mol. The zero-order valence-corrected chi connectivity index (χ0v) is 35.0. The summed E-state index contributed by atoms with van der Waals surface area (Å²) in [7, 11) is 0. The Balaban J connectivity index is 1.04. The largest absolute Gasteiger partial charge is 0.465 e. The number of aryl methyl sites for hydroxylation is 1. The normalized spacial score (nSPS) is 18.2. The van der Waals surface area contributed by atoms with Crippen molar-refractivity contribution < 1.29 is 57.6 Å². The number of aliphatic hydroxyl groups is 1. The van der Waals surface area contributed by atoms with Gasteiger partial charge in [-0.3, -0.25) is 24.0 Å². The Morgan fingerprint density at radius 3 is 2.36 bits per heavy atom. The molecular weight excluding hydrogens is 840 g/mol. The van der Waals surface area contributed by atoms with Crippen LogP contribution in [0.1, 0.15) is 85.0 Å². The monoisotopic (exact) mass is 884 g/mol. The third-order valence-corrected chi connectivity index (χ3v) is 11.8. The van der Waals surface area contributed by atoms with Gasteiger partial charge in [-0.25, -0.2) is 23.8 Å². The molecule has 21 heteroatoms. The molecule has 2 aromatic carbocycles. The Morgan fingerprint density at radius 2 is 1.69 bits per heavy atom. The lowest BCUT2D eigenvalue weighted by Gasteiger charge is -2.31. The summed E-state index contributed by atoms with van der Waals surface area (Å²) in [5.74, 6) is -4.69. The third kappa shape index (κ3) is 8.40. The molecule has 64 heavy (non-hydrogen) atoms. The van der Waals surface area contributed by atoms with Gasteiger partial charge in [0.05, 0.1) is 41.5 Å². The van der Waals surface area contributed by atoms with Gasteiger partial charge in [0.2, 0.25) is 23.6 Å². The molecule has 1 aliphatic carbocycles. The van der Waals surface area contributed by atoms with Crippen molar-refractivity contribution in [3.63, 3.8) is 0 Å². The van der Waals surface area contributed by atoms with Gasteiger partial charge in [-0.05, 0) is 80.5 Å². The number of ether oxygens (including phenoxy) is 2. The topological polar surface area (TPSA) is 299 Å². The molecule has 7 rings (SSSR count). The van der Waals surface area contributed by atoms with Crippen LogP contribution in [0.4, 0.5) is 19.7 Å². The number of rotatable bonds is 13. The summed E-state index contributed by atoms with van der Waals surface area (Å²) in [5.41, 5.74) is 7.28. The van der Waals surface area contributed by atoms with Crippen molar-refractivity contribution >= 4 is 58.4 Å². The van der Waals surface area contributed by atoms with E-state index in [9.17, 15) is 43.5 Å². The molecule has 9 N–H and O–H groups in total. The van der Waals surface area contributed by atoms with Crippen LogP contribution in [-0.2, 0) is 65.2 Å². The number of carbonyl (C=O) groups excluding carboxylic acids is 6. The summed E-state index contributed by atoms with van der Waals surface area (Å²) in [6, 6.07) is 4.51. The molecule has 0 radical (unpaired) electrons. The molecule has 0 unspecified atom stereocenters. The number of hydrogen-bond donors (Lipinski definition) is 8. The second-order valence-electron chi connectivity index (χ2n) is 15.9. The van der Waals surface area contributed by atoms with E-state index in [1.807, 2.05) is 5.32 Å². The lowest BCUT2D eigenvalue weighted by atomic mass is 9.81. The third-order valence-electron chi connectivity index (χ3n) is 11.8. The number of benzene rings is 2. The van der Waals surface area contributed by atoms with Gasteiger partial charge in [0.1, 0.15) is 37.2 Å². The van der Waals surface area contributed by atoms with E-state index in [0.29, 0.717) is 57.4 Å². The average Bonchev–Trinajstić information content (AvgIpc) is 3.62. The van der Waals surface area contributed by atoms with Gasteiger partial charge in [-0.1, -0.05) is 19.1 Å². The van der Waals surface area contributed by atoms with Crippen LogP contribution in [-0.4, -0.2) is 79.7 Å². The predicted molar refractivity (Wildman–Crippen MR) is 223 cm³/mol. The first-order chi connectivity index (χ1) is 30.3. The second kappa shape index (κ2) is 17.4. The summed E-state index contributed by atoms with van der Waals surface area (Å²) in [6.07, 6.45) is -2.09. The Morgan fingerprint density at radius 1 is 1.00 bits per heavy atom. The molecule has 0 bridgehead atoms. The fourth-order valence-corrected chi connectivity index (χ4v) is 8.31. The first-order valence-electron chi connectivity index (χ1n) is 20.3. The standard InChI is InChI=1S/C43H45FN8O12/c1-5-43(62)26-12-31-35-24(15-52(31)39(57)25(26)17-63-40(43)58)34-28(11-10-23-18(2)27(44)13-29(49-35)33(23)34)51-42(61)64-16-21-6-8-22(9-7-21)48-38(56)30(14-32(45)53)50-37(55)19(3)46-36(54)20(4)47-41(59)60/h6-9,12-13,19-20,28,30,47,62H,5,10-11,14-17H2,1-4H3,(H2,45,53)(H,46,54)(H,48,56)(H,50,55)(H,51,61)(H,59,60)/t19-,20-,28-,30-,43-/m0/s1. The molecule has 3 aliphatic rings. The Bertz CT molecular complexity index is 2720. The van der Waals surface area contributed by atoms with Crippen LogP contribution in [0.25, 0.3) is 22.3 Å². The summed E-state index contributed by atoms with van der Waals surface area (Å²) in [5, 5.41) is 32.9. The Hall–Kier alpha value is -7.42. The van der Waals surface area contributed by atoms with Crippen LogP contribution in [0.3, 0.4) is 0 Å². The highest BCUT2D eigenvalue weighted by Gasteiger charge is 2.46. The van der Waals surface area contributed by atoms with E-state index in [-0.39, 0.29) is 43.0 Å².